The fourth-order valence-electron chi connectivity index (χ4n) is 5.45. The molecule has 0 bridgehead atoms. The Labute approximate surface area is 224 Å². The van der Waals surface area contributed by atoms with Crippen molar-refractivity contribution >= 4 is 23.6 Å². The predicted octanol–water partition coefficient (Wildman–Crippen LogP) is 3.33. The lowest BCUT2D eigenvalue weighted by molar-refractivity contribution is -0.149. The van der Waals surface area contributed by atoms with E-state index in [1.165, 1.54) is 5.56 Å². The highest BCUT2D eigenvalue weighted by molar-refractivity contribution is 5.87. The lowest BCUT2D eigenvalue weighted by Gasteiger charge is -2.40. The summed E-state index contributed by atoms with van der Waals surface area (Å²) in [6.45, 7) is 3.14. The number of carbonyl (C=O) groups excluding carboxylic acids is 3. The third-order valence-corrected chi connectivity index (χ3v) is 7.66. The van der Waals surface area contributed by atoms with Gasteiger partial charge in [0.25, 0.3) is 0 Å². The third kappa shape index (κ3) is 7.04. The number of piperazine rings is 1. The van der Waals surface area contributed by atoms with Gasteiger partial charge in [0, 0.05) is 45.5 Å². The van der Waals surface area contributed by atoms with Crippen molar-refractivity contribution in [1.29, 1.82) is 0 Å². The summed E-state index contributed by atoms with van der Waals surface area (Å²) in [7, 11) is 1.70. The van der Waals surface area contributed by atoms with E-state index >= 15 is 0 Å². The van der Waals surface area contributed by atoms with E-state index in [-0.39, 0.29) is 12.3 Å². The molecular weight excluding hydrogens is 484 g/mol. The highest BCUT2D eigenvalue weighted by atomic mass is 16.6. The summed E-state index contributed by atoms with van der Waals surface area (Å²) in [4.78, 5) is 44.3. The van der Waals surface area contributed by atoms with Gasteiger partial charge in [-0.2, -0.15) is 0 Å². The first-order valence-corrected chi connectivity index (χ1v) is 13.4. The van der Waals surface area contributed by atoms with Crippen LogP contribution in [0.4, 0.5) is 10.5 Å². The second-order valence-electron chi connectivity index (χ2n) is 10.2. The SMILES string of the molecule is CN(CCCc1ccccc1)C(=O)OC1CCC(C(=O)N2CCN(c3ccccc3)CC2)C(C(=O)NO)C1. The number of rotatable bonds is 8. The average molecular weight is 523 g/mol. The molecule has 2 aliphatic rings. The first-order valence-electron chi connectivity index (χ1n) is 13.4. The Kier molecular flexibility index (Phi) is 9.59. The molecule has 0 radical (unpaired) electrons. The lowest BCUT2D eigenvalue weighted by atomic mass is 9.76. The van der Waals surface area contributed by atoms with Crippen LogP contribution in [0.5, 0.6) is 0 Å². The minimum Gasteiger partial charge on any atom is -0.446 e. The Morgan fingerprint density at radius 3 is 2.26 bits per heavy atom. The smallest absolute Gasteiger partial charge is 0.409 e. The zero-order chi connectivity index (χ0) is 26.9. The maximum atomic E-state index is 13.4. The van der Waals surface area contributed by atoms with E-state index in [2.05, 4.69) is 29.2 Å². The standard InChI is InChI=1S/C29H38N4O5/c1-31(16-8-11-22-9-4-2-5-10-22)29(36)38-24-14-15-25(26(21-24)27(34)30-37)28(35)33-19-17-32(18-20-33)23-12-6-3-7-13-23/h2-7,9-10,12-13,24-26,37H,8,11,14-21H2,1H3,(H,30,34). The molecule has 3 atom stereocenters. The zero-order valence-electron chi connectivity index (χ0n) is 22.0. The molecule has 3 unspecified atom stereocenters. The van der Waals surface area contributed by atoms with Crippen LogP contribution >= 0.6 is 0 Å². The molecule has 1 aliphatic heterocycles. The van der Waals surface area contributed by atoms with Crippen LogP contribution in [0.15, 0.2) is 60.7 Å². The van der Waals surface area contributed by atoms with E-state index in [4.69, 9.17) is 4.74 Å². The molecule has 4 rings (SSSR count). The molecule has 204 valence electrons. The lowest BCUT2D eigenvalue weighted by Crippen LogP contribution is -2.53. The molecule has 9 heteroatoms. The van der Waals surface area contributed by atoms with E-state index in [1.54, 1.807) is 17.4 Å². The summed E-state index contributed by atoms with van der Waals surface area (Å²) in [5.41, 5.74) is 4.07. The van der Waals surface area contributed by atoms with E-state index in [9.17, 15) is 19.6 Å². The number of ether oxygens (including phenoxy) is 1. The zero-order valence-corrected chi connectivity index (χ0v) is 22.0. The van der Waals surface area contributed by atoms with Crippen molar-refractivity contribution in [3.63, 3.8) is 0 Å². The van der Waals surface area contributed by atoms with E-state index < -0.39 is 29.9 Å². The number of nitrogens with zero attached hydrogens (tertiary/aromatic N) is 3. The number of hydrogen-bond donors (Lipinski definition) is 2. The van der Waals surface area contributed by atoms with Crippen LogP contribution in [0.3, 0.4) is 0 Å². The molecule has 9 nitrogen and oxygen atoms in total. The molecule has 0 aromatic heterocycles. The Morgan fingerprint density at radius 2 is 1.61 bits per heavy atom. The van der Waals surface area contributed by atoms with Crippen molar-refractivity contribution in [2.75, 3.05) is 44.7 Å². The van der Waals surface area contributed by atoms with Crippen LogP contribution in [-0.4, -0.2) is 78.8 Å². The third-order valence-electron chi connectivity index (χ3n) is 7.66. The summed E-state index contributed by atoms with van der Waals surface area (Å²) in [5, 5.41) is 9.36. The molecule has 2 aromatic rings. The summed E-state index contributed by atoms with van der Waals surface area (Å²) < 4.78 is 5.71. The number of hydroxylamine groups is 1. The molecule has 2 N–H and O–H groups in total. The van der Waals surface area contributed by atoms with Gasteiger partial charge in [-0.1, -0.05) is 48.5 Å². The molecular formula is C29H38N4O5. The van der Waals surface area contributed by atoms with Crippen LogP contribution in [0.1, 0.15) is 31.2 Å². The maximum Gasteiger partial charge on any atom is 0.409 e. The molecule has 2 fully saturated rings. The van der Waals surface area contributed by atoms with Crippen molar-refractivity contribution in [3.05, 3.63) is 66.2 Å². The molecule has 38 heavy (non-hydrogen) atoms. The Morgan fingerprint density at radius 1 is 0.947 bits per heavy atom. The summed E-state index contributed by atoms with van der Waals surface area (Å²) in [6, 6.07) is 20.2. The van der Waals surface area contributed by atoms with Crippen LogP contribution < -0.4 is 10.4 Å². The molecule has 3 amide bonds. The van der Waals surface area contributed by atoms with Crippen molar-refractivity contribution < 1.29 is 24.3 Å². The van der Waals surface area contributed by atoms with Gasteiger partial charge in [0.1, 0.15) is 6.10 Å². The number of carbonyl (C=O) groups is 3. The normalized spacial score (nSPS) is 21.5. The van der Waals surface area contributed by atoms with Gasteiger partial charge >= 0.3 is 6.09 Å². The number of para-hydroxylation sites is 1. The highest BCUT2D eigenvalue weighted by Crippen LogP contribution is 2.34. The number of aryl methyl sites for hydroxylation is 1. The van der Waals surface area contributed by atoms with Crippen molar-refractivity contribution in [3.8, 4) is 0 Å². The summed E-state index contributed by atoms with van der Waals surface area (Å²) in [6.07, 6.45) is 1.88. The molecule has 1 aliphatic carbocycles. The van der Waals surface area contributed by atoms with Crippen molar-refractivity contribution in [2.24, 2.45) is 11.8 Å². The number of anilines is 1. The van der Waals surface area contributed by atoms with Crippen LogP contribution in [0.25, 0.3) is 0 Å². The summed E-state index contributed by atoms with van der Waals surface area (Å²) >= 11 is 0. The van der Waals surface area contributed by atoms with Gasteiger partial charge in [-0.05, 0) is 49.8 Å². The molecule has 0 spiro atoms. The number of hydrogen-bond acceptors (Lipinski definition) is 6. The van der Waals surface area contributed by atoms with Gasteiger partial charge in [-0.25, -0.2) is 10.3 Å². The van der Waals surface area contributed by atoms with E-state index in [0.29, 0.717) is 32.5 Å². The van der Waals surface area contributed by atoms with Gasteiger partial charge in [-0.3, -0.25) is 14.8 Å². The van der Waals surface area contributed by atoms with Gasteiger partial charge in [0.15, 0.2) is 0 Å². The minimum atomic E-state index is -0.755. The van der Waals surface area contributed by atoms with Crippen molar-refractivity contribution in [1.82, 2.24) is 15.3 Å². The van der Waals surface area contributed by atoms with E-state index in [0.717, 1.165) is 31.6 Å². The Hall–Kier alpha value is -3.59. The molecule has 1 saturated carbocycles. The topological polar surface area (TPSA) is 102 Å². The quantitative estimate of drug-likeness (QED) is 0.407. The first-order chi connectivity index (χ1) is 18.5. The predicted molar refractivity (Wildman–Crippen MR) is 144 cm³/mol. The maximum absolute atomic E-state index is 13.4. The van der Waals surface area contributed by atoms with Gasteiger partial charge < -0.3 is 19.4 Å². The fraction of sp³-hybridized carbons (Fsp3) is 0.483. The fourth-order valence-corrected chi connectivity index (χ4v) is 5.45. The number of benzene rings is 2. The second kappa shape index (κ2) is 13.3. The largest absolute Gasteiger partial charge is 0.446 e. The monoisotopic (exact) mass is 522 g/mol. The van der Waals surface area contributed by atoms with Crippen LogP contribution in [-0.2, 0) is 20.7 Å². The number of amides is 3. The number of nitrogens with one attached hydrogen (secondary N) is 1. The summed E-state index contributed by atoms with van der Waals surface area (Å²) in [5.74, 6) is -1.99. The van der Waals surface area contributed by atoms with Crippen molar-refractivity contribution in [2.45, 2.75) is 38.2 Å². The van der Waals surface area contributed by atoms with Crippen LogP contribution in [0, 0.1) is 11.8 Å². The minimum absolute atomic E-state index is 0.0749. The highest BCUT2D eigenvalue weighted by Gasteiger charge is 2.42. The molecule has 1 saturated heterocycles. The second-order valence-corrected chi connectivity index (χ2v) is 10.2. The van der Waals surface area contributed by atoms with Gasteiger partial charge in [0.05, 0.1) is 11.8 Å². The van der Waals surface area contributed by atoms with Gasteiger partial charge in [-0.15, -0.1) is 0 Å². The van der Waals surface area contributed by atoms with Crippen LogP contribution in [0.2, 0.25) is 0 Å². The molecule has 2 aromatic carbocycles. The average Bonchev–Trinajstić information content (AvgIpc) is 2.97. The van der Waals surface area contributed by atoms with E-state index in [1.807, 2.05) is 41.3 Å². The Balaban J connectivity index is 1.27. The first kappa shape index (κ1) is 27.4. The Bertz CT molecular complexity index is 1060. The van der Waals surface area contributed by atoms with Gasteiger partial charge in [0.2, 0.25) is 11.8 Å². The molecule has 1 heterocycles.